The Morgan fingerprint density at radius 2 is 1.74 bits per heavy atom. The van der Waals surface area contributed by atoms with E-state index in [-0.39, 0.29) is 16.0 Å². The maximum absolute atomic E-state index is 12.6. The summed E-state index contributed by atoms with van der Waals surface area (Å²) in [5.74, 6) is 0.174. The van der Waals surface area contributed by atoms with Crippen molar-refractivity contribution in [2.24, 2.45) is 5.92 Å². The van der Waals surface area contributed by atoms with Crippen molar-refractivity contribution in [1.29, 1.82) is 0 Å². The van der Waals surface area contributed by atoms with E-state index in [1.165, 1.54) is 10.7 Å². The molecule has 2 saturated heterocycles. The fraction of sp³-hybridized carbons (Fsp3) is 0.667. The van der Waals surface area contributed by atoms with Crippen LogP contribution in [-0.2, 0) is 14.8 Å². The Hall–Kier alpha value is -0.630. The fourth-order valence-electron chi connectivity index (χ4n) is 3.28. The average Bonchev–Trinajstić information content (AvgIpc) is 3.02. The lowest BCUT2D eigenvalue weighted by atomic mass is 9.95. The Morgan fingerprint density at radius 3 is 2.30 bits per heavy atom. The molecular weight excluding hydrogens is 356 g/mol. The number of nitrogens with zero attached hydrogens (tertiary/aromatic N) is 2. The van der Waals surface area contributed by atoms with Crippen LogP contribution in [0.15, 0.2) is 16.3 Å². The van der Waals surface area contributed by atoms with Crippen LogP contribution in [0.4, 0.5) is 0 Å². The maximum Gasteiger partial charge on any atom is 0.252 e. The molecule has 5 nitrogen and oxygen atoms in total. The molecule has 3 rings (SSSR count). The molecule has 2 fully saturated rings. The smallest absolute Gasteiger partial charge is 0.252 e. The zero-order chi connectivity index (χ0) is 16.4. The molecule has 2 aliphatic rings. The van der Waals surface area contributed by atoms with Gasteiger partial charge < -0.3 is 4.90 Å². The van der Waals surface area contributed by atoms with Gasteiger partial charge in [-0.3, -0.25) is 4.79 Å². The fourth-order valence-corrected chi connectivity index (χ4v) is 6.39. The first-order chi connectivity index (χ1) is 11.0. The van der Waals surface area contributed by atoms with Crippen LogP contribution in [0, 0.1) is 5.92 Å². The van der Waals surface area contributed by atoms with Crippen molar-refractivity contribution >= 4 is 38.9 Å². The van der Waals surface area contributed by atoms with Crippen molar-refractivity contribution in [1.82, 2.24) is 9.21 Å². The molecule has 0 aliphatic carbocycles. The summed E-state index contributed by atoms with van der Waals surface area (Å²) in [5.41, 5.74) is 0. The van der Waals surface area contributed by atoms with E-state index in [0.717, 1.165) is 37.3 Å². The lowest BCUT2D eigenvalue weighted by Crippen LogP contribution is -2.45. The van der Waals surface area contributed by atoms with Gasteiger partial charge in [0.05, 0.1) is 4.34 Å². The quantitative estimate of drug-likeness (QED) is 0.815. The second-order valence-electron chi connectivity index (χ2n) is 6.12. The minimum atomic E-state index is -3.47. The number of rotatable bonds is 3. The third-order valence-electron chi connectivity index (χ3n) is 4.61. The van der Waals surface area contributed by atoms with Gasteiger partial charge in [0.2, 0.25) is 5.91 Å². The third kappa shape index (κ3) is 3.73. The molecule has 0 aromatic carbocycles. The normalized spacial score (nSPS) is 21.5. The van der Waals surface area contributed by atoms with Crippen molar-refractivity contribution in [3.05, 3.63) is 16.5 Å². The minimum Gasteiger partial charge on any atom is -0.342 e. The summed E-state index contributed by atoms with van der Waals surface area (Å²) in [6, 6.07) is 3.15. The molecule has 0 spiro atoms. The highest BCUT2D eigenvalue weighted by Crippen LogP contribution is 2.31. The Labute approximate surface area is 146 Å². The number of hydrogen-bond acceptors (Lipinski definition) is 4. The molecule has 3 heterocycles. The monoisotopic (exact) mass is 376 g/mol. The van der Waals surface area contributed by atoms with E-state index in [0.29, 0.717) is 30.3 Å². The highest BCUT2D eigenvalue weighted by atomic mass is 35.5. The Morgan fingerprint density at radius 1 is 1.09 bits per heavy atom. The molecule has 8 heteroatoms. The van der Waals surface area contributed by atoms with Crippen molar-refractivity contribution in [2.45, 2.75) is 36.3 Å². The van der Waals surface area contributed by atoms with Crippen LogP contribution in [0.2, 0.25) is 4.34 Å². The van der Waals surface area contributed by atoms with Gasteiger partial charge >= 0.3 is 0 Å². The molecule has 0 radical (unpaired) electrons. The molecule has 23 heavy (non-hydrogen) atoms. The molecule has 128 valence electrons. The number of carbonyl (C=O) groups excluding carboxylic acids is 1. The van der Waals surface area contributed by atoms with Crippen LogP contribution in [0.25, 0.3) is 0 Å². The Balaban J connectivity index is 1.60. The Kier molecular flexibility index (Phi) is 5.30. The summed E-state index contributed by atoms with van der Waals surface area (Å²) < 4.78 is 27.4. The number of likely N-dealkylation sites (tertiary alicyclic amines) is 1. The number of carbonyl (C=O) groups is 1. The van der Waals surface area contributed by atoms with Crippen molar-refractivity contribution < 1.29 is 13.2 Å². The van der Waals surface area contributed by atoms with Gasteiger partial charge in [0.1, 0.15) is 4.21 Å². The van der Waals surface area contributed by atoms with Gasteiger partial charge in [0.25, 0.3) is 10.0 Å². The van der Waals surface area contributed by atoms with Gasteiger partial charge in [-0.1, -0.05) is 11.6 Å². The summed E-state index contributed by atoms with van der Waals surface area (Å²) >= 11 is 6.92. The van der Waals surface area contributed by atoms with Gasteiger partial charge in [-0.25, -0.2) is 8.42 Å². The molecule has 1 aromatic rings. The standard InChI is InChI=1S/C15H21ClN2O3S2/c16-13-4-5-14(22-13)23(20,21)18-10-6-12(7-11-18)15(19)17-8-2-1-3-9-17/h4-5,12H,1-3,6-11H2. The molecular formula is C15H21ClN2O3S2. The molecule has 2 aliphatic heterocycles. The Bertz CT molecular complexity index is 660. The summed E-state index contributed by atoms with van der Waals surface area (Å²) in [5, 5.41) is 0. The largest absolute Gasteiger partial charge is 0.342 e. The third-order valence-corrected chi connectivity index (χ3v) is 8.21. The summed E-state index contributed by atoms with van der Waals surface area (Å²) in [4.78, 5) is 14.5. The lowest BCUT2D eigenvalue weighted by Gasteiger charge is -2.34. The maximum atomic E-state index is 12.6. The number of amides is 1. The SMILES string of the molecule is O=C(C1CCN(S(=O)(=O)c2ccc(Cl)s2)CC1)N1CCCCC1. The van der Waals surface area contributed by atoms with Crippen molar-refractivity contribution in [3.8, 4) is 0 Å². The first-order valence-electron chi connectivity index (χ1n) is 8.03. The number of thiophene rings is 1. The van der Waals surface area contributed by atoms with E-state index in [1.807, 2.05) is 4.90 Å². The molecule has 0 saturated carbocycles. The van der Waals surface area contributed by atoms with E-state index in [2.05, 4.69) is 0 Å². The predicted molar refractivity (Wildman–Crippen MR) is 91.2 cm³/mol. The highest BCUT2D eigenvalue weighted by molar-refractivity contribution is 7.91. The summed E-state index contributed by atoms with van der Waals surface area (Å²) in [6.07, 6.45) is 4.57. The molecule has 0 unspecified atom stereocenters. The topological polar surface area (TPSA) is 57.7 Å². The molecule has 1 aromatic heterocycles. The van der Waals surface area contributed by atoms with Crippen molar-refractivity contribution in [3.63, 3.8) is 0 Å². The first-order valence-corrected chi connectivity index (χ1v) is 10.7. The van der Waals surface area contributed by atoms with Gasteiger partial charge in [0.15, 0.2) is 0 Å². The first kappa shape index (κ1) is 17.2. The lowest BCUT2D eigenvalue weighted by molar-refractivity contribution is -0.137. The van der Waals surface area contributed by atoms with Crippen LogP contribution in [0.5, 0.6) is 0 Å². The molecule has 1 amide bonds. The number of hydrogen-bond donors (Lipinski definition) is 0. The zero-order valence-corrected chi connectivity index (χ0v) is 15.3. The van der Waals surface area contributed by atoms with E-state index in [9.17, 15) is 13.2 Å². The molecule has 0 atom stereocenters. The van der Waals surface area contributed by atoms with Crippen molar-refractivity contribution in [2.75, 3.05) is 26.2 Å². The van der Waals surface area contributed by atoms with Crippen LogP contribution < -0.4 is 0 Å². The summed E-state index contributed by atoms with van der Waals surface area (Å²) in [7, 11) is -3.47. The van der Waals surface area contributed by atoms with Gasteiger partial charge in [0, 0.05) is 32.1 Å². The number of piperidine rings is 2. The van der Waals surface area contributed by atoms with E-state index < -0.39 is 10.0 Å². The minimum absolute atomic E-state index is 0.0357. The summed E-state index contributed by atoms with van der Waals surface area (Å²) in [6.45, 7) is 2.51. The number of sulfonamides is 1. The van der Waals surface area contributed by atoms with Crippen LogP contribution >= 0.6 is 22.9 Å². The van der Waals surface area contributed by atoms with E-state index in [1.54, 1.807) is 12.1 Å². The van der Waals surface area contributed by atoms with Crippen LogP contribution in [0.1, 0.15) is 32.1 Å². The van der Waals surface area contributed by atoms with Gasteiger partial charge in [-0.05, 0) is 44.2 Å². The average molecular weight is 377 g/mol. The highest BCUT2D eigenvalue weighted by Gasteiger charge is 2.34. The second kappa shape index (κ2) is 7.09. The predicted octanol–water partition coefficient (Wildman–Crippen LogP) is 2.81. The second-order valence-corrected chi connectivity index (χ2v) is 10.0. The van der Waals surface area contributed by atoms with Gasteiger partial charge in [-0.15, -0.1) is 11.3 Å². The van der Waals surface area contributed by atoms with E-state index >= 15 is 0 Å². The van der Waals surface area contributed by atoms with Crippen LogP contribution in [-0.4, -0.2) is 49.7 Å². The molecule has 0 bridgehead atoms. The van der Waals surface area contributed by atoms with Crippen LogP contribution in [0.3, 0.4) is 0 Å². The number of halogens is 1. The molecule has 0 N–H and O–H groups in total. The zero-order valence-electron chi connectivity index (χ0n) is 12.9. The van der Waals surface area contributed by atoms with E-state index in [4.69, 9.17) is 11.6 Å². The van der Waals surface area contributed by atoms with Gasteiger partial charge in [-0.2, -0.15) is 4.31 Å².